The number of anilines is 1. The lowest BCUT2D eigenvalue weighted by molar-refractivity contribution is -0.160. The number of aliphatic hydroxyl groups is 2. The average molecular weight is 903 g/mol. The number of nitrogens with one attached hydrogen (secondary N) is 1. The SMILES string of the molecule is CO[C@H]1/C=C/O[C@@]2(C)Oc3c(C)c(O)c4c(O)c(c5c(c4c3C2=O)=NC2(CCN(C(C)(C)CC(C)(C)C)CC2)N=5)NC(=O)/C(C)=C\C=C\[C@H](C)[C@H](O)[C@@H](C)[C@@H](O)[C@@H](C)[C@H](OC(C)=O)[C@@H]1C. The van der Waals surface area contributed by atoms with Gasteiger partial charge in [0.1, 0.15) is 28.6 Å². The van der Waals surface area contributed by atoms with Crippen molar-refractivity contribution in [3.63, 3.8) is 0 Å². The molecule has 1 amide bonds. The van der Waals surface area contributed by atoms with Gasteiger partial charge < -0.3 is 44.7 Å². The molecule has 15 heteroatoms. The molecule has 1 spiro atoms. The fourth-order valence-corrected chi connectivity index (χ4v) is 10.5. The van der Waals surface area contributed by atoms with Gasteiger partial charge in [0.15, 0.2) is 11.4 Å². The van der Waals surface area contributed by atoms with Crippen LogP contribution in [0.3, 0.4) is 0 Å². The topological polar surface area (TPSA) is 209 Å². The van der Waals surface area contributed by atoms with E-state index in [0.29, 0.717) is 25.9 Å². The number of allylic oxidation sites excluding steroid dienone is 2. The molecule has 0 aliphatic carbocycles. The van der Waals surface area contributed by atoms with Gasteiger partial charge in [0, 0.05) is 92.6 Å². The molecule has 5 N–H and O–H groups in total. The number of likely N-dealkylation sites (tertiary alicyclic amines) is 1. The fraction of sp³-hybridized carbons (Fsp3) is 0.620. The van der Waals surface area contributed by atoms with Gasteiger partial charge in [-0.15, -0.1) is 0 Å². The van der Waals surface area contributed by atoms with Crippen LogP contribution in [0.5, 0.6) is 17.2 Å². The molecule has 4 aliphatic rings. The van der Waals surface area contributed by atoms with Crippen LogP contribution in [-0.4, -0.2) is 105 Å². The Kier molecular flexibility index (Phi) is 13.8. The van der Waals surface area contributed by atoms with Crippen LogP contribution in [0.25, 0.3) is 10.8 Å². The fourth-order valence-electron chi connectivity index (χ4n) is 10.5. The number of nitrogens with zero attached hydrogens (tertiary/aromatic N) is 3. The molecule has 6 rings (SSSR count). The van der Waals surface area contributed by atoms with Gasteiger partial charge in [0.25, 0.3) is 11.7 Å². The Morgan fingerprint density at radius 1 is 0.923 bits per heavy atom. The zero-order valence-corrected chi connectivity index (χ0v) is 40.5. The van der Waals surface area contributed by atoms with Crippen molar-refractivity contribution < 1.29 is 53.8 Å². The van der Waals surface area contributed by atoms with Crippen molar-refractivity contribution in [2.75, 3.05) is 25.5 Å². The highest BCUT2D eigenvalue weighted by Crippen LogP contribution is 2.50. The van der Waals surface area contributed by atoms with Crippen molar-refractivity contribution in [1.29, 1.82) is 0 Å². The van der Waals surface area contributed by atoms with Gasteiger partial charge in [-0.1, -0.05) is 66.7 Å². The van der Waals surface area contributed by atoms with E-state index in [1.807, 2.05) is 0 Å². The predicted octanol–water partition coefficient (Wildman–Crippen LogP) is 6.31. The summed E-state index contributed by atoms with van der Waals surface area (Å²) >= 11 is 0. The maximum atomic E-state index is 14.8. The minimum Gasteiger partial charge on any atom is -0.507 e. The molecule has 15 nitrogen and oxygen atoms in total. The summed E-state index contributed by atoms with van der Waals surface area (Å²) in [7, 11) is 1.47. The second kappa shape index (κ2) is 18.1. The van der Waals surface area contributed by atoms with Crippen LogP contribution in [-0.2, 0) is 23.8 Å². The molecule has 4 heterocycles. The third-order valence-electron chi connectivity index (χ3n) is 14.0. The Balaban J connectivity index is 1.53. The number of hydrogen-bond acceptors (Lipinski definition) is 14. The molecule has 9 atom stereocenters. The number of fused-ring (bicyclic) bond motifs is 1. The van der Waals surface area contributed by atoms with E-state index in [2.05, 4.69) is 44.8 Å². The number of piperidine rings is 1. The van der Waals surface area contributed by atoms with Crippen molar-refractivity contribution >= 4 is 34.1 Å². The summed E-state index contributed by atoms with van der Waals surface area (Å²) in [6, 6.07) is 0. The van der Waals surface area contributed by atoms with Crippen LogP contribution < -0.4 is 20.8 Å². The summed E-state index contributed by atoms with van der Waals surface area (Å²) in [6.07, 6.45) is 5.94. The molecule has 2 aromatic carbocycles. The normalized spacial score (nSPS) is 31.8. The number of methoxy groups -OCH3 is 1. The lowest BCUT2D eigenvalue weighted by Crippen LogP contribution is -2.52. The van der Waals surface area contributed by atoms with E-state index < -0.39 is 82.9 Å². The third-order valence-corrected chi connectivity index (χ3v) is 14.0. The molecule has 1 saturated heterocycles. The number of Topliss-reactive ketones (excluding diaryl/α,β-unsaturated/α-hetero) is 1. The first kappa shape index (κ1) is 49.6. The Bertz CT molecular complexity index is 2440. The Morgan fingerprint density at radius 2 is 1.55 bits per heavy atom. The van der Waals surface area contributed by atoms with Gasteiger partial charge in [-0.3, -0.25) is 29.3 Å². The van der Waals surface area contributed by atoms with Crippen LogP contribution in [0.15, 0.2) is 46.1 Å². The molecular weight excluding hydrogens is 833 g/mol. The largest absolute Gasteiger partial charge is 0.507 e. The second-order valence-corrected chi connectivity index (χ2v) is 20.8. The van der Waals surface area contributed by atoms with Crippen LogP contribution in [0.2, 0.25) is 0 Å². The number of amides is 1. The molecule has 0 radical (unpaired) electrons. The number of rotatable bonds is 4. The second-order valence-electron chi connectivity index (χ2n) is 20.8. The first-order valence-corrected chi connectivity index (χ1v) is 22.8. The first-order valence-electron chi connectivity index (χ1n) is 22.8. The lowest BCUT2D eigenvalue weighted by Gasteiger charge is -2.46. The number of ether oxygens (including phenoxy) is 4. The van der Waals surface area contributed by atoms with E-state index in [1.54, 1.807) is 65.8 Å². The van der Waals surface area contributed by atoms with Gasteiger partial charge in [0.2, 0.25) is 0 Å². The van der Waals surface area contributed by atoms with Crippen molar-refractivity contribution in [3.05, 3.63) is 58.0 Å². The van der Waals surface area contributed by atoms with E-state index in [0.717, 1.165) is 6.42 Å². The molecule has 4 aliphatic heterocycles. The monoisotopic (exact) mass is 903 g/mol. The standard InChI is InChI=1S/C50H70N4O11/c1-25-16-15-17-26(2)46(61)51-38-37-36(52-50(53-37)19-21-54(22-20-50)48(11,12)24-47(8,9)10)33-34(42(38)59)41(58)30(6)44-35(33)45(60)49(13,65-44)63-23-18-32(62-14)27(3)43(64-31(7)55)29(5)40(57)28(4)39(25)56/h15-18,23,25,27-29,32,39-40,43,56-59H,19-22,24H2,1-14H3,(H,51,61)/b16-15+,23-18+,26-17-/t25-,27+,28+,29+,32-,39-,40+,43+,49-/m0/s1. The lowest BCUT2D eigenvalue weighted by atomic mass is 9.78. The summed E-state index contributed by atoms with van der Waals surface area (Å²) in [5.74, 6) is -6.95. The van der Waals surface area contributed by atoms with E-state index in [-0.39, 0.29) is 66.3 Å². The van der Waals surface area contributed by atoms with E-state index in [1.165, 1.54) is 27.2 Å². The molecule has 356 valence electrons. The highest BCUT2D eigenvalue weighted by molar-refractivity contribution is 6.19. The van der Waals surface area contributed by atoms with Gasteiger partial charge in [-0.2, -0.15) is 0 Å². The molecule has 0 unspecified atom stereocenters. The minimum absolute atomic E-state index is 0.0332. The Morgan fingerprint density at radius 3 is 2.15 bits per heavy atom. The van der Waals surface area contributed by atoms with Crippen LogP contribution in [0.4, 0.5) is 5.69 Å². The number of esters is 1. The van der Waals surface area contributed by atoms with Crippen molar-refractivity contribution in [3.8, 4) is 17.2 Å². The Labute approximate surface area is 382 Å². The highest BCUT2D eigenvalue weighted by Gasteiger charge is 2.50. The Hall–Kier alpha value is -4.83. The molecule has 0 saturated carbocycles. The van der Waals surface area contributed by atoms with Gasteiger partial charge in [-0.25, -0.2) is 0 Å². The van der Waals surface area contributed by atoms with Crippen molar-refractivity contribution in [2.45, 2.75) is 151 Å². The maximum Gasteiger partial charge on any atom is 0.312 e. The van der Waals surface area contributed by atoms with Crippen LogP contribution in [0, 0.1) is 36.0 Å². The summed E-state index contributed by atoms with van der Waals surface area (Å²) in [5.41, 5.74) is -0.645. The number of phenols is 2. The van der Waals surface area contributed by atoms with Gasteiger partial charge in [0.05, 0.1) is 40.9 Å². The molecule has 4 bridgehead atoms. The zero-order valence-electron chi connectivity index (χ0n) is 40.5. The summed E-state index contributed by atoms with van der Waals surface area (Å²) < 4.78 is 24.1. The highest BCUT2D eigenvalue weighted by atomic mass is 16.7. The number of carbonyl (C=O) groups is 3. The summed E-state index contributed by atoms with van der Waals surface area (Å²) in [6.45, 7) is 25.4. The molecule has 0 aromatic heterocycles. The number of carbonyl (C=O) groups excluding carboxylic acids is 3. The number of hydrogen-bond donors (Lipinski definition) is 5. The van der Waals surface area contributed by atoms with E-state index in [9.17, 15) is 34.8 Å². The molecule has 1 fully saturated rings. The third kappa shape index (κ3) is 9.43. The number of benzene rings is 2. The average Bonchev–Trinajstić information content (AvgIpc) is 3.72. The minimum atomic E-state index is -1.97. The number of ketones is 1. The molecule has 65 heavy (non-hydrogen) atoms. The predicted molar refractivity (Wildman–Crippen MR) is 246 cm³/mol. The number of phenolic OH excluding ortho intramolecular Hbond substituents is 2. The summed E-state index contributed by atoms with van der Waals surface area (Å²) in [5, 5.41) is 50.5. The zero-order chi connectivity index (χ0) is 48.3. The number of aromatic hydroxyl groups is 2. The smallest absolute Gasteiger partial charge is 0.312 e. The van der Waals surface area contributed by atoms with Crippen LogP contribution in [0.1, 0.15) is 118 Å². The molecular formula is C50H70N4O11. The summed E-state index contributed by atoms with van der Waals surface area (Å²) in [4.78, 5) is 54.2. The van der Waals surface area contributed by atoms with Gasteiger partial charge >= 0.3 is 11.8 Å². The first-order chi connectivity index (χ1) is 30.2. The van der Waals surface area contributed by atoms with Crippen molar-refractivity contribution in [2.24, 2.45) is 39.1 Å². The molecule has 2 aromatic rings. The quantitative estimate of drug-likeness (QED) is 0.169. The number of aliphatic hydroxyl groups excluding tert-OH is 2. The van der Waals surface area contributed by atoms with Crippen LogP contribution >= 0.6 is 0 Å². The van der Waals surface area contributed by atoms with Crippen molar-refractivity contribution in [1.82, 2.24) is 4.90 Å². The van der Waals surface area contributed by atoms with E-state index >= 15 is 0 Å². The maximum absolute atomic E-state index is 14.8. The van der Waals surface area contributed by atoms with E-state index in [4.69, 9.17) is 28.9 Å². The van der Waals surface area contributed by atoms with Gasteiger partial charge in [-0.05, 0) is 45.6 Å².